The van der Waals surface area contributed by atoms with E-state index in [9.17, 15) is 9.59 Å². The molecule has 0 saturated carbocycles. The van der Waals surface area contributed by atoms with Crippen molar-refractivity contribution in [3.05, 3.63) is 65.6 Å². The minimum Gasteiger partial charge on any atom is -0.489 e. The SMILES string of the molecule is CCOC(=O)C(=Cc1occ2cc(C#N)ccc12)c1ccc(O[C@H]2CCN(C(=O)OC(C)(C)C)C2)cc1. The Balaban J connectivity index is 1.51. The number of rotatable bonds is 6. The first-order valence-corrected chi connectivity index (χ1v) is 12.2. The molecule has 0 aliphatic carbocycles. The molecule has 1 aliphatic rings. The highest BCUT2D eigenvalue weighted by molar-refractivity contribution is 6.22. The minimum atomic E-state index is -0.544. The predicted octanol–water partition coefficient (Wildman–Crippen LogP) is 5.80. The minimum absolute atomic E-state index is 0.147. The van der Waals surface area contributed by atoms with Crippen LogP contribution in [-0.4, -0.2) is 48.4 Å². The summed E-state index contributed by atoms with van der Waals surface area (Å²) in [5.41, 5.74) is 0.968. The van der Waals surface area contributed by atoms with Crippen LogP contribution >= 0.6 is 0 Å². The number of carbonyl (C=O) groups excluding carboxylic acids is 2. The van der Waals surface area contributed by atoms with E-state index in [-0.39, 0.29) is 18.8 Å². The van der Waals surface area contributed by atoms with Crippen LogP contribution in [0.4, 0.5) is 4.79 Å². The Morgan fingerprint density at radius 1 is 1.19 bits per heavy atom. The Morgan fingerprint density at radius 2 is 1.95 bits per heavy atom. The zero-order valence-corrected chi connectivity index (χ0v) is 21.4. The maximum atomic E-state index is 12.8. The van der Waals surface area contributed by atoms with Crippen molar-refractivity contribution in [2.24, 2.45) is 0 Å². The highest BCUT2D eigenvalue weighted by Gasteiger charge is 2.31. The quantitative estimate of drug-likeness (QED) is 0.310. The van der Waals surface area contributed by atoms with Crippen LogP contribution < -0.4 is 4.74 Å². The number of benzene rings is 2. The van der Waals surface area contributed by atoms with Crippen LogP contribution in [0.1, 0.15) is 51.0 Å². The van der Waals surface area contributed by atoms with E-state index in [0.29, 0.717) is 47.7 Å². The molecule has 0 unspecified atom stereocenters. The van der Waals surface area contributed by atoms with Crippen molar-refractivity contribution in [3.63, 3.8) is 0 Å². The second kappa shape index (κ2) is 10.8. The molecule has 1 amide bonds. The number of nitriles is 1. The van der Waals surface area contributed by atoms with Gasteiger partial charge >= 0.3 is 12.1 Å². The molecule has 1 saturated heterocycles. The van der Waals surface area contributed by atoms with E-state index in [1.165, 1.54) is 0 Å². The second-order valence-electron chi connectivity index (χ2n) is 9.77. The first kappa shape index (κ1) is 25.8. The third-order valence-corrected chi connectivity index (χ3v) is 5.79. The molecule has 0 N–H and O–H groups in total. The summed E-state index contributed by atoms with van der Waals surface area (Å²) in [4.78, 5) is 26.8. The zero-order chi connectivity index (χ0) is 26.6. The summed E-state index contributed by atoms with van der Waals surface area (Å²) in [5, 5.41) is 10.7. The lowest BCUT2D eigenvalue weighted by atomic mass is 10.0. The van der Waals surface area contributed by atoms with Crippen LogP contribution in [0.25, 0.3) is 22.4 Å². The molecule has 8 nitrogen and oxygen atoms in total. The standard InChI is InChI=1S/C29H30N2O6/c1-5-34-27(32)25(15-26-24-11-6-19(16-30)14-21(24)18-35-26)20-7-9-22(10-8-20)36-23-12-13-31(17-23)28(33)37-29(2,3)4/h6-11,14-15,18,23H,5,12-13,17H2,1-4H3/t23-/m0/s1. The smallest absolute Gasteiger partial charge is 0.410 e. The number of esters is 1. The van der Waals surface area contributed by atoms with Crippen molar-refractivity contribution >= 4 is 34.5 Å². The van der Waals surface area contributed by atoms with Crippen LogP contribution in [0.3, 0.4) is 0 Å². The number of nitrogens with zero attached hydrogens (tertiary/aromatic N) is 2. The van der Waals surface area contributed by atoms with Crippen LogP contribution in [-0.2, 0) is 14.3 Å². The summed E-state index contributed by atoms with van der Waals surface area (Å²) in [6.07, 6.45) is 3.43. The van der Waals surface area contributed by atoms with Gasteiger partial charge in [0.2, 0.25) is 0 Å². The molecule has 1 aliphatic heterocycles. The summed E-state index contributed by atoms with van der Waals surface area (Å²) < 4.78 is 22.5. The molecule has 1 aromatic heterocycles. The van der Waals surface area contributed by atoms with Gasteiger partial charge in [0.05, 0.1) is 36.6 Å². The number of hydrogen-bond acceptors (Lipinski definition) is 7. The molecular weight excluding hydrogens is 472 g/mol. The van der Waals surface area contributed by atoms with Gasteiger partial charge in [0, 0.05) is 23.7 Å². The number of fused-ring (bicyclic) bond motifs is 1. The molecular formula is C29H30N2O6. The highest BCUT2D eigenvalue weighted by atomic mass is 16.6. The monoisotopic (exact) mass is 502 g/mol. The van der Waals surface area contributed by atoms with Crippen LogP contribution in [0, 0.1) is 11.3 Å². The van der Waals surface area contributed by atoms with Gasteiger partial charge in [-0.2, -0.15) is 5.26 Å². The molecule has 0 bridgehead atoms. The fourth-order valence-electron chi connectivity index (χ4n) is 4.08. The Bertz CT molecular complexity index is 1360. The third kappa shape index (κ3) is 6.31. The first-order valence-electron chi connectivity index (χ1n) is 12.2. The lowest BCUT2D eigenvalue weighted by molar-refractivity contribution is -0.136. The van der Waals surface area contributed by atoms with E-state index >= 15 is 0 Å². The molecule has 4 rings (SSSR count). The first-order chi connectivity index (χ1) is 17.7. The number of hydrogen-bond donors (Lipinski definition) is 0. The Labute approximate surface area is 216 Å². The average molecular weight is 503 g/mol. The fourth-order valence-corrected chi connectivity index (χ4v) is 4.08. The summed E-state index contributed by atoms with van der Waals surface area (Å²) in [7, 11) is 0. The normalized spacial score (nSPS) is 15.9. The van der Waals surface area contributed by atoms with Gasteiger partial charge in [-0.1, -0.05) is 12.1 Å². The highest BCUT2D eigenvalue weighted by Crippen LogP contribution is 2.29. The van der Waals surface area contributed by atoms with Crippen molar-refractivity contribution < 1.29 is 28.2 Å². The molecule has 3 aromatic rings. The number of likely N-dealkylation sites (tertiary alicyclic amines) is 1. The Kier molecular flexibility index (Phi) is 7.53. The zero-order valence-electron chi connectivity index (χ0n) is 21.4. The fraction of sp³-hybridized carbons (Fsp3) is 0.345. The summed E-state index contributed by atoms with van der Waals surface area (Å²) in [5.74, 6) is 0.657. The topological polar surface area (TPSA) is 102 Å². The maximum Gasteiger partial charge on any atom is 0.410 e. The predicted molar refractivity (Wildman–Crippen MR) is 139 cm³/mol. The van der Waals surface area contributed by atoms with Gasteiger partial charge in [0.25, 0.3) is 0 Å². The summed E-state index contributed by atoms with van der Waals surface area (Å²) in [6.45, 7) is 8.53. The van der Waals surface area contributed by atoms with Crippen molar-refractivity contribution in [1.82, 2.24) is 4.90 Å². The molecule has 0 radical (unpaired) electrons. The van der Waals surface area contributed by atoms with Crippen LogP contribution in [0.2, 0.25) is 0 Å². The Hall–Kier alpha value is -4.25. The molecule has 0 spiro atoms. The lowest BCUT2D eigenvalue weighted by Crippen LogP contribution is -2.36. The second-order valence-corrected chi connectivity index (χ2v) is 9.77. The number of furan rings is 1. The molecule has 2 aromatic carbocycles. The van der Waals surface area contributed by atoms with Gasteiger partial charge in [-0.3, -0.25) is 0 Å². The molecule has 192 valence electrons. The third-order valence-electron chi connectivity index (χ3n) is 5.79. The van der Waals surface area contributed by atoms with Gasteiger partial charge in [0.15, 0.2) is 0 Å². The van der Waals surface area contributed by atoms with Crippen molar-refractivity contribution in [2.45, 2.75) is 45.8 Å². The number of ether oxygens (including phenoxy) is 3. The molecule has 2 heterocycles. The molecule has 37 heavy (non-hydrogen) atoms. The van der Waals surface area contributed by atoms with Crippen LogP contribution in [0.5, 0.6) is 5.75 Å². The van der Waals surface area contributed by atoms with E-state index in [0.717, 1.165) is 10.8 Å². The van der Waals surface area contributed by atoms with E-state index in [2.05, 4.69) is 6.07 Å². The van der Waals surface area contributed by atoms with Gasteiger partial charge in [-0.25, -0.2) is 9.59 Å². The van der Waals surface area contributed by atoms with E-state index in [1.807, 2.05) is 20.8 Å². The number of carbonyl (C=O) groups is 2. The summed E-state index contributed by atoms with van der Waals surface area (Å²) >= 11 is 0. The van der Waals surface area contributed by atoms with E-state index < -0.39 is 11.6 Å². The Morgan fingerprint density at radius 3 is 2.62 bits per heavy atom. The largest absolute Gasteiger partial charge is 0.489 e. The van der Waals surface area contributed by atoms with E-state index in [4.69, 9.17) is 23.9 Å². The summed E-state index contributed by atoms with van der Waals surface area (Å²) in [6, 6.07) is 14.5. The van der Waals surface area contributed by atoms with Gasteiger partial charge in [-0.15, -0.1) is 0 Å². The van der Waals surface area contributed by atoms with Crippen molar-refractivity contribution in [1.29, 1.82) is 5.26 Å². The van der Waals surface area contributed by atoms with Gasteiger partial charge in [-0.05, 0) is 69.7 Å². The molecule has 1 fully saturated rings. The van der Waals surface area contributed by atoms with Gasteiger partial charge in [0.1, 0.15) is 23.2 Å². The average Bonchev–Trinajstić information content (AvgIpc) is 3.49. The van der Waals surface area contributed by atoms with Crippen LogP contribution in [0.15, 0.2) is 53.1 Å². The lowest BCUT2D eigenvalue weighted by Gasteiger charge is -2.24. The van der Waals surface area contributed by atoms with Crippen molar-refractivity contribution in [3.8, 4) is 11.8 Å². The van der Waals surface area contributed by atoms with E-state index in [1.54, 1.807) is 66.6 Å². The number of amides is 1. The molecule has 1 atom stereocenters. The maximum absolute atomic E-state index is 12.8. The van der Waals surface area contributed by atoms with Crippen molar-refractivity contribution in [2.75, 3.05) is 19.7 Å². The molecule has 8 heteroatoms. The van der Waals surface area contributed by atoms with Gasteiger partial charge < -0.3 is 23.5 Å².